The molecule has 0 saturated heterocycles. The summed E-state index contributed by atoms with van der Waals surface area (Å²) in [6.07, 6.45) is 1.61. The molecule has 0 atom stereocenters. The summed E-state index contributed by atoms with van der Waals surface area (Å²) in [6, 6.07) is 15.3. The third kappa shape index (κ3) is 2.77. The lowest BCUT2D eigenvalue weighted by atomic mass is 10.0. The van der Waals surface area contributed by atoms with Gasteiger partial charge in [0.1, 0.15) is 5.75 Å². The van der Waals surface area contributed by atoms with E-state index in [1.807, 2.05) is 30.3 Å². The molecule has 2 aromatic rings. The molecule has 2 aromatic carbocycles. The van der Waals surface area contributed by atoms with Gasteiger partial charge in [-0.2, -0.15) is 0 Å². The molecule has 2 rings (SSSR count). The van der Waals surface area contributed by atoms with Gasteiger partial charge in [0.2, 0.25) is 0 Å². The van der Waals surface area contributed by atoms with Gasteiger partial charge in [0, 0.05) is 0 Å². The van der Waals surface area contributed by atoms with Crippen molar-refractivity contribution in [3.05, 3.63) is 65.7 Å². The Hall–Kier alpha value is -2.55. The maximum absolute atomic E-state index is 11.3. The molecule has 0 unspecified atom stereocenters. The van der Waals surface area contributed by atoms with E-state index >= 15 is 0 Å². The normalized spacial score (nSPS) is 11.2. The summed E-state index contributed by atoms with van der Waals surface area (Å²) in [6.45, 7) is 0. The van der Waals surface area contributed by atoms with E-state index < -0.39 is 5.97 Å². The van der Waals surface area contributed by atoms with Crippen LogP contribution < -0.4 is 0 Å². The SMILES string of the molecule is O=C(O)C(=Cc1ccccc1)c1ccc(O)cc1. The predicted octanol–water partition coefficient (Wildman–Crippen LogP) is 3.02. The molecule has 0 saturated carbocycles. The van der Waals surface area contributed by atoms with E-state index in [4.69, 9.17) is 0 Å². The topological polar surface area (TPSA) is 57.5 Å². The molecule has 0 aromatic heterocycles. The molecule has 90 valence electrons. The first kappa shape index (κ1) is 11.9. The third-order valence-corrected chi connectivity index (χ3v) is 2.52. The van der Waals surface area contributed by atoms with Gasteiger partial charge >= 0.3 is 5.97 Å². The highest BCUT2D eigenvalue weighted by Crippen LogP contribution is 2.20. The number of aliphatic carboxylic acids is 1. The Bertz CT molecular complexity index is 568. The van der Waals surface area contributed by atoms with Gasteiger partial charge in [-0.25, -0.2) is 4.79 Å². The van der Waals surface area contributed by atoms with Crippen molar-refractivity contribution in [3.8, 4) is 5.75 Å². The lowest BCUT2D eigenvalue weighted by Gasteiger charge is -2.03. The molecule has 0 radical (unpaired) electrons. The summed E-state index contributed by atoms with van der Waals surface area (Å²) in [5.74, 6) is -0.882. The second kappa shape index (κ2) is 5.19. The number of carboxylic acid groups (broad SMARTS) is 1. The van der Waals surface area contributed by atoms with Crippen molar-refractivity contribution in [2.75, 3.05) is 0 Å². The Morgan fingerprint density at radius 1 is 0.944 bits per heavy atom. The second-order valence-electron chi connectivity index (χ2n) is 3.82. The number of phenolic OH excluding ortho intramolecular Hbond substituents is 1. The summed E-state index contributed by atoms with van der Waals surface area (Å²) in [4.78, 5) is 11.3. The second-order valence-corrected chi connectivity index (χ2v) is 3.82. The average molecular weight is 240 g/mol. The number of phenols is 1. The van der Waals surface area contributed by atoms with Gasteiger partial charge in [-0.1, -0.05) is 42.5 Å². The van der Waals surface area contributed by atoms with Crippen LogP contribution in [0.5, 0.6) is 5.75 Å². The van der Waals surface area contributed by atoms with Crippen LogP contribution in [0.15, 0.2) is 54.6 Å². The molecule has 3 nitrogen and oxygen atoms in total. The van der Waals surface area contributed by atoms with Crippen molar-refractivity contribution >= 4 is 17.6 Å². The Morgan fingerprint density at radius 3 is 2.11 bits per heavy atom. The van der Waals surface area contributed by atoms with E-state index in [9.17, 15) is 15.0 Å². The highest BCUT2D eigenvalue weighted by Gasteiger charge is 2.10. The van der Waals surface area contributed by atoms with Crippen LogP contribution in [0, 0.1) is 0 Å². The van der Waals surface area contributed by atoms with Crippen molar-refractivity contribution in [2.45, 2.75) is 0 Å². The number of aromatic hydroxyl groups is 1. The van der Waals surface area contributed by atoms with E-state index in [0.717, 1.165) is 5.56 Å². The molecule has 0 bridgehead atoms. The predicted molar refractivity (Wildman–Crippen MR) is 70.1 cm³/mol. The minimum Gasteiger partial charge on any atom is -0.508 e. The maximum atomic E-state index is 11.3. The van der Waals surface area contributed by atoms with Gasteiger partial charge in [-0.15, -0.1) is 0 Å². The summed E-state index contributed by atoms with van der Waals surface area (Å²) in [5, 5.41) is 18.4. The molecule has 3 heteroatoms. The Morgan fingerprint density at radius 2 is 1.56 bits per heavy atom. The molecule has 2 N–H and O–H groups in total. The zero-order valence-electron chi connectivity index (χ0n) is 9.58. The minimum atomic E-state index is -0.996. The lowest BCUT2D eigenvalue weighted by molar-refractivity contribution is -0.130. The van der Waals surface area contributed by atoms with Crippen LogP contribution in [0.4, 0.5) is 0 Å². The van der Waals surface area contributed by atoms with Crippen LogP contribution in [-0.2, 0) is 4.79 Å². The molecule has 0 aliphatic carbocycles. The fourth-order valence-electron chi connectivity index (χ4n) is 1.63. The Labute approximate surface area is 105 Å². The molecule has 0 heterocycles. The van der Waals surface area contributed by atoms with Crippen molar-refractivity contribution in [1.82, 2.24) is 0 Å². The fraction of sp³-hybridized carbons (Fsp3) is 0. The van der Waals surface area contributed by atoms with E-state index in [0.29, 0.717) is 5.56 Å². The van der Waals surface area contributed by atoms with Crippen LogP contribution in [0.2, 0.25) is 0 Å². The molecule has 0 aliphatic heterocycles. The number of rotatable bonds is 3. The summed E-state index contributed by atoms with van der Waals surface area (Å²) >= 11 is 0. The van der Waals surface area contributed by atoms with E-state index in [1.165, 1.54) is 12.1 Å². The Kier molecular flexibility index (Phi) is 3.44. The first-order valence-corrected chi connectivity index (χ1v) is 5.46. The van der Waals surface area contributed by atoms with Gasteiger partial charge in [-0.05, 0) is 29.3 Å². The van der Waals surface area contributed by atoms with Gasteiger partial charge < -0.3 is 10.2 Å². The summed E-state index contributed by atoms with van der Waals surface area (Å²) in [7, 11) is 0. The molecule has 18 heavy (non-hydrogen) atoms. The third-order valence-electron chi connectivity index (χ3n) is 2.52. The number of hydrogen-bond donors (Lipinski definition) is 2. The number of hydrogen-bond acceptors (Lipinski definition) is 2. The highest BCUT2D eigenvalue weighted by atomic mass is 16.4. The quantitative estimate of drug-likeness (QED) is 0.640. The van der Waals surface area contributed by atoms with Crippen LogP contribution >= 0.6 is 0 Å². The van der Waals surface area contributed by atoms with E-state index in [-0.39, 0.29) is 11.3 Å². The van der Waals surface area contributed by atoms with Crippen molar-refractivity contribution < 1.29 is 15.0 Å². The first-order valence-electron chi connectivity index (χ1n) is 5.46. The van der Waals surface area contributed by atoms with Gasteiger partial charge in [0.15, 0.2) is 0 Å². The maximum Gasteiger partial charge on any atom is 0.336 e. The van der Waals surface area contributed by atoms with Crippen LogP contribution in [0.1, 0.15) is 11.1 Å². The van der Waals surface area contributed by atoms with Gasteiger partial charge in [-0.3, -0.25) is 0 Å². The van der Waals surface area contributed by atoms with E-state index in [1.54, 1.807) is 18.2 Å². The van der Waals surface area contributed by atoms with Crippen LogP contribution in [0.3, 0.4) is 0 Å². The van der Waals surface area contributed by atoms with Gasteiger partial charge in [0.25, 0.3) is 0 Å². The number of carbonyl (C=O) groups is 1. The fourth-order valence-corrected chi connectivity index (χ4v) is 1.63. The van der Waals surface area contributed by atoms with Crippen molar-refractivity contribution in [2.24, 2.45) is 0 Å². The standard InChI is InChI=1S/C15H12O3/c16-13-8-6-12(7-9-13)14(15(17)18)10-11-4-2-1-3-5-11/h1-10,16H,(H,17,18). The Balaban J connectivity index is 2.44. The highest BCUT2D eigenvalue weighted by molar-refractivity contribution is 6.20. The molecule has 0 spiro atoms. The van der Waals surface area contributed by atoms with Crippen molar-refractivity contribution in [3.63, 3.8) is 0 Å². The monoisotopic (exact) mass is 240 g/mol. The first-order chi connectivity index (χ1) is 8.66. The number of carboxylic acids is 1. The van der Waals surface area contributed by atoms with Crippen molar-refractivity contribution in [1.29, 1.82) is 0 Å². The largest absolute Gasteiger partial charge is 0.508 e. The molecular weight excluding hydrogens is 228 g/mol. The minimum absolute atomic E-state index is 0.114. The summed E-state index contributed by atoms with van der Waals surface area (Å²) in [5.41, 5.74) is 1.58. The van der Waals surface area contributed by atoms with Gasteiger partial charge in [0.05, 0.1) is 5.57 Å². The smallest absolute Gasteiger partial charge is 0.336 e. The molecule has 0 fully saturated rings. The molecule has 0 amide bonds. The zero-order valence-corrected chi connectivity index (χ0v) is 9.58. The molecular formula is C15H12O3. The summed E-state index contributed by atoms with van der Waals surface area (Å²) < 4.78 is 0. The zero-order chi connectivity index (χ0) is 13.0. The van der Waals surface area contributed by atoms with Crippen LogP contribution in [-0.4, -0.2) is 16.2 Å². The van der Waals surface area contributed by atoms with Crippen LogP contribution in [0.25, 0.3) is 11.6 Å². The average Bonchev–Trinajstić information content (AvgIpc) is 2.38. The lowest BCUT2D eigenvalue weighted by Crippen LogP contribution is -1.99. The van der Waals surface area contributed by atoms with E-state index in [2.05, 4.69) is 0 Å². The number of benzene rings is 2. The molecule has 0 aliphatic rings.